The molecule has 2 aliphatic rings. The summed E-state index contributed by atoms with van der Waals surface area (Å²) in [4.78, 5) is 69.7. The summed E-state index contributed by atoms with van der Waals surface area (Å²) in [6.45, 7) is 8.50. The lowest BCUT2D eigenvalue weighted by Crippen LogP contribution is -2.51. The Morgan fingerprint density at radius 1 is 0.709 bits per heavy atom. The number of aromatic nitrogens is 4. The van der Waals surface area contributed by atoms with Crippen LogP contribution >= 0.6 is 0 Å². The predicted molar refractivity (Wildman–Crippen MR) is 203 cm³/mol. The largest absolute Gasteiger partial charge is 0.453 e. The van der Waals surface area contributed by atoms with Crippen LogP contribution in [0.1, 0.15) is 77.1 Å². The first-order valence-corrected chi connectivity index (χ1v) is 18.7. The molecule has 0 unspecified atom stereocenters. The van der Waals surface area contributed by atoms with Crippen LogP contribution in [0, 0.1) is 17.8 Å². The number of nitrogens with one attached hydrogen (secondary N) is 4. The monoisotopic (exact) mass is 756 g/mol. The summed E-state index contributed by atoms with van der Waals surface area (Å²) < 4.78 is 24.8. The molecule has 0 spiro atoms. The molecule has 6 rings (SSSR count). The molecule has 2 fully saturated rings. The molecule has 2 aliphatic heterocycles. The van der Waals surface area contributed by atoms with Crippen LogP contribution in [-0.4, -0.2) is 93.1 Å². The Balaban J connectivity index is 1.13. The van der Waals surface area contributed by atoms with Crippen LogP contribution in [0.3, 0.4) is 0 Å². The number of rotatable bonds is 11. The lowest BCUT2D eigenvalue weighted by atomic mass is 10.0. The zero-order chi connectivity index (χ0) is 39.4. The molecule has 0 aliphatic carbocycles. The van der Waals surface area contributed by atoms with Crippen molar-refractivity contribution < 1.29 is 33.0 Å². The number of H-pyrrole nitrogens is 2. The molecule has 0 radical (unpaired) electrons. The minimum atomic E-state index is -0.784. The fourth-order valence-corrected chi connectivity index (χ4v) is 7.43. The molecule has 2 aromatic carbocycles. The van der Waals surface area contributed by atoms with Crippen LogP contribution < -0.4 is 10.6 Å². The molecular formula is C40H49FN8O6. The minimum Gasteiger partial charge on any atom is -0.453 e. The number of ether oxygens (including phenoxy) is 2. The van der Waals surface area contributed by atoms with E-state index in [9.17, 15) is 19.2 Å². The van der Waals surface area contributed by atoms with E-state index in [1.54, 1.807) is 16.0 Å². The number of hydrogen-bond donors (Lipinski definition) is 4. The zero-order valence-electron chi connectivity index (χ0n) is 32.0. The molecule has 55 heavy (non-hydrogen) atoms. The molecule has 4 N–H and O–H groups in total. The van der Waals surface area contributed by atoms with Crippen LogP contribution in [0.15, 0.2) is 54.7 Å². The average molecular weight is 757 g/mol. The summed E-state index contributed by atoms with van der Waals surface area (Å²) in [5.41, 5.74) is 4.50. The topological polar surface area (TPSA) is 175 Å². The first-order chi connectivity index (χ1) is 26.4. The molecule has 15 heteroatoms. The van der Waals surface area contributed by atoms with Crippen molar-refractivity contribution in [3.63, 3.8) is 0 Å². The number of imidazole rings is 2. The van der Waals surface area contributed by atoms with E-state index in [1.807, 2.05) is 76.2 Å². The zero-order valence-corrected chi connectivity index (χ0v) is 32.0. The van der Waals surface area contributed by atoms with Crippen molar-refractivity contribution >= 4 is 24.0 Å². The van der Waals surface area contributed by atoms with Gasteiger partial charge in [-0.25, -0.2) is 19.6 Å². The summed E-state index contributed by atoms with van der Waals surface area (Å²) >= 11 is 0. The Bertz CT molecular complexity index is 1990. The Hall–Kier alpha value is -5.73. The van der Waals surface area contributed by atoms with Gasteiger partial charge in [0.15, 0.2) is 0 Å². The highest BCUT2D eigenvalue weighted by molar-refractivity contribution is 5.87. The summed E-state index contributed by atoms with van der Waals surface area (Å²) in [5, 5.41) is 5.31. The number of alkyl carbamates (subject to hydrolysis) is 2. The van der Waals surface area contributed by atoms with Crippen LogP contribution in [0.2, 0.25) is 0 Å². The standard InChI is InChI=1S/C40H49FN8O6/c1-22(2)31(45-39(52)54-5)37(50)48-19-7-9-29(48)35-42-21-28(43-35)26-15-11-24(12-16-26)25-13-17-27(18-14-25)33-34(41)47-36(44-33)30-10-8-20-49(30)38(51)32(23(3)4)46-40(53)55-6/h11-18,21-23,29-32H,7-10,19-20H2,1-6H3,(H,42,43)(H,44,47)(H,45,52)(H,46,53)/t29-,30-,31-,32-/m0/s1. The van der Waals surface area contributed by atoms with E-state index in [1.165, 1.54) is 14.2 Å². The van der Waals surface area contributed by atoms with Crippen molar-refractivity contribution in [3.8, 4) is 33.6 Å². The van der Waals surface area contributed by atoms with Crippen molar-refractivity contribution in [2.45, 2.75) is 77.5 Å². The molecule has 2 aromatic heterocycles. The van der Waals surface area contributed by atoms with Crippen molar-refractivity contribution in [1.29, 1.82) is 0 Å². The van der Waals surface area contributed by atoms with E-state index in [0.717, 1.165) is 41.6 Å². The van der Waals surface area contributed by atoms with E-state index in [4.69, 9.17) is 9.47 Å². The second kappa shape index (κ2) is 16.7. The number of aromatic amines is 2. The molecule has 4 aromatic rings. The van der Waals surface area contributed by atoms with E-state index < -0.39 is 36.3 Å². The van der Waals surface area contributed by atoms with Crippen LogP contribution in [0.5, 0.6) is 0 Å². The number of hydrogen-bond acceptors (Lipinski definition) is 8. The van der Waals surface area contributed by atoms with E-state index >= 15 is 4.39 Å². The van der Waals surface area contributed by atoms with Crippen molar-refractivity contribution in [1.82, 2.24) is 40.4 Å². The number of benzene rings is 2. The Morgan fingerprint density at radius 3 is 1.64 bits per heavy atom. The van der Waals surface area contributed by atoms with Crippen LogP contribution in [0.4, 0.5) is 14.0 Å². The lowest BCUT2D eigenvalue weighted by molar-refractivity contribution is -0.136. The van der Waals surface area contributed by atoms with Crippen molar-refractivity contribution in [3.05, 3.63) is 72.3 Å². The number of methoxy groups -OCH3 is 2. The average Bonchev–Trinajstić information content (AvgIpc) is 4.02. The van der Waals surface area contributed by atoms with E-state index in [0.29, 0.717) is 36.7 Å². The Labute approximate surface area is 319 Å². The number of amides is 4. The van der Waals surface area contributed by atoms with Crippen molar-refractivity contribution in [2.24, 2.45) is 11.8 Å². The van der Waals surface area contributed by atoms with Gasteiger partial charge in [0.25, 0.3) is 0 Å². The number of carbonyl (C=O) groups is 4. The fraction of sp³-hybridized carbons (Fsp3) is 0.450. The maximum absolute atomic E-state index is 15.3. The third kappa shape index (κ3) is 8.35. The molecule has 4 atom stereocenters. The Kier molecular flexibility index (Phi) is 11.9. The molecule has 4 heterocycles. The maximum Gasteiger partial charge on any atom is 0.407 e. The minimum absolute atomic E-state index is 0.122. The first-order valence-electron chi connectivity index (χ1n) is 18.7. The van der Waals surface area contributed by atoms with Gasteiger partial charge in [-0.05, 0) is 54.2 Å². The summed E-state index contributed by atoms with van der Waals surface area (Å²) in [6.07, 6.45) is 3.37. The number of carbonyl (C=O) groups excluding carboxylic acids is 4. The molecular weight excluding hydrogens is 707 g/mol. The first kappa shape index (κ1) is 39.0. The predicted octanol–water partition coefficient (Wildman–Crippen LogP) is 6.36. The molecule has 2 saturated heterocycles. The summed E-state index contributed by atoms with van der Waals surface area (Å²) in [6, 6.07) is 13.3. The number of halogens is 1. The van der Waals surface area contributed by atoms with Crippen LogP contribution in [0.25, 0.3) is 33.6 Å². The van der Waals surface area contributed by atoms with Gasteiger partial charge in [0.1, 0.15) is 29.4 Å². The van der Waals surface area contributed by atoms with Crippen LogP contribution in [-0.2, 0) is 19.1 Å². The van der Waals surface area contributed by atoms with Gasteiger partial charge in [-0.2, -0.15) is 4.39 Å². The summed E-state index contributed by atoms with van der Waals surface area (Å²) in [5.74, 6) is -0.321. The van der Waals surface area contributed by atoms with E-state index in [-0.39, 0.29) is 35.4 Å². The van der Waals surface area contributed by atoms with Crippen molar-refractivity contribution in [2.75, 3.05) is 27.3 Å². The second-order valence-corrected chi connectivity index (χ2v) is 14.7. The molecule has 0 bridgehead atoms. The summed E-state index contributed by atoms with van der Waals surface area (Å²) in [7, 11) is 2.53. The SMILES string of the molecule is COC(=O)N[C@H](C(=O)N1CCC[C@H]1c1ncc(-c2ccc(-c3ccc(-c4[nH]c([C@@H]5CCCN5C(=O)[C@@H](NC(=O)OC)C(C)C)nc4F)cc3)cc2)[nH]1)C(C)C. The number of likely N-dealkylation sites (tertiary alicyclic amines) is 2. The maximum atomic E-state index is 15.3. The molecule has 292 valence electrons. The molecule has 4 amide bonds. The highest BCUT2D eigenvalue weighted by atomic mass is 19.1. The van der Waals surface area contributed by atoms with E-state index in [2.05, 4.69) is 30.6 Å². The quantitative estimate of drug-likeness (QED) is 0.137. The number of nitrogens with zero attached hydrogens (tertiary/aromatic N) is 4. The van der Waals surface area contributed by atoms with Gasteiger partial charge in [-0.15, -0.1) is 0 Å². The fourth-order valence-electron chi connectivity index (χ4n) is 7.43. The van der Waals surface area contributed by atoms with Gasteiger partial charge in [-0.1, -0.05) is 76.2 Å². The normalized spacial score (nSPS) is 18.1. The highest BCUT2D eigenvalue weighted by Crippen LogP contribution is 2.36. The highest BCUT2D eigenvalue weighted by Gasteiger charge is 2.39. The lowest BCUT2D eigenvalue weighted by Gasteiger charge is -2.30. The molecule has 14 nitrogen and oxygen atoms in total. The van der Waals surface area contributed by atoms with Gasteiger partial charge < -0.3 is 39.9 Å². The Morgan fingerprint density at radius 2 is 1.16 bits per heavy atom. The third-order valence-corrected chi connectivity index (χ3v) is 10.5. The van der Waals surface area contributed by atoms with Gasteiger partial charge >= 0.3 is 12.2 Å². The van der Waals surface area contributed by atoms with Gasteiger partial charge in [0.2, 0.25) is 17.8 Å². The van der Waals surface area contributed by atoms with Gasteiger partial charge in [-0.3, -0.25) is 9.59 Å². The second-order valence-electron chi connectivity index (χ2n) is 14.7. The van der Waals surface area contributed by atoms with Gasteiger partial charge in [0.05, 0.1) is 38.2 Å². The third-order valence-electron chi connectivity index (χ3n) is 10.5. The smallest absolute Gasteiger partial charge is 0.407 e. The van der Waals surface area contributed by atoms with Gasteiger partial charge in [0, 0.05) is 18.7 Å². The molecule has 0 saturated carbocycles.